The number of benzene rings is 1. The SMILES string of the molecule is COCCOCC(=O)NCCN(C)c1ccccc1. The molecule has 1 aromatic rings. The molecule has 1 rings (SSSR count). The van der Waals surface area contributed by atoms with E-state index in [-0.39, 0.29) is 12.5 Å². The lowest BCUT2D eigenvalue weighted by Gasteiger charge is -2.19. The normalized spacial score (nSPS) is 10.2. The fourth-order valence-electron chi connectivity index (χ4n) is 1.53. The Balaban J connectivity index is 2.11. The second-order valence-corrected chi connectivity index (χ2v) is 4.15. The van der Waals surface area contributed by atoms with Gasteiger partial charge < -0.3 is 19.7 Å². The van der Waals surface area contributed by atoms with Gasteiger partial charge in [-0.05, 0) is 12.1 Å². The number of para-hydroxylation sites is 1. The maximum absolute atomic E-state index is 11.4. The highest BCUT2D eigenvalue weighted by molar-refractivity contribution is 5.77. The van der Waals surface area contributed by atoms with Crippen LogP contribution in [0.25, 0.3) is 0 Å². The molecule has 0 bridgehead atoms. The second kappa shape index (κ2) is 9.35. The molecular weight excluding hydrogens is 244 g/mol. The van der Waals surface area contributed by atoms with E-state index in [1.807, 2.05) is 37.4 Å². The number of ether oxygens (including phenoxy) is 2. The van der Waals surface area contributed by atoms with Crippen LogP contribution in [-0.4, -0.2) is 53.0 Å². The Bertz CT molecular complexity index is 357. The van der Waals surface area contributed by atoms with Crippen LogP contribution >= 0.6 is 0 Å². The molecule has 1 amide bonds. The molecule has 0 aliphatic rings. The van der Waals surface area contributed by atoms with Crippen molar-refractivity contribution in [3.63, 3.8) is 0 Å². The van der Waals surface area contributed by atoms with Crippen LogP contribution in [-0.2, 0) is 14.3 Å². The van der Waals surface area contributed by atoms with Gasteiger partial charge >= 0.3 is 0 Å². The van der Waals surface area contributed by atoms with Crippen LogP contribution in [0.3, 0.4) is 0 Å². The van der Waals surface area contributed by atoms with Crippen LogP contribution in [0.4, 0.5) is 5.69 Å². The summed E-state index contributed by atoms with van der Waals surface area (Å²) in [5, 5.41) is 2.81. The molecule has 0 fully saturated rings. The lowest BCUT2D eigenvalue weighted by molar-refractivity contribution is -0.126. The third-order valence-electron chi connectivity index (χ3n) is 2.63. The van der Waals surface area contributed by atoms with Crippen molar-refractivity contribution in [2.75, 3.05) is 52.0 Å². The van der Waals surface area contributed by atoms with E-state index in [0.29, 0.717) is 19.8 Å². The molecule has 0 heterocycles. The predicted molar refractivity (Wildman–Crippen MR) is 75.4 cm³/mol. The Morgan fingerprint density at radius 2 is 2.00 bits per heavy atom. The van der Waals surface area contributed by atoms with Crippen LogP contribution in [0.15, 0.2) is 30.3 Å². The summed E-state index contributed by atoms with van der Waals surface area (Å²) in [6.07, 6.45) is 0. The lowest BCUT2D eigenvalue weighted by atomic mass is 10.3. The van der Waals surface area contributed by atoms with Gasteiger partial charge in [-0.2, -0.15) is 0 Å². The second-order valence-electron chi connectivity index (χ2n) is 4.15. The summed E-state index contributed by atoms with van der Waals surface area (Å²) in [7, 11) is 3.60. The van der Waals surface area contributed by atoms with Gasteiger partial charge in [-0.25, -0.2) is 0 Å². The van der Waals surface area contributed by atoms with Gasteiger partial charge in [0, 0.05) is 32.9 Å². The van der Waals surface area contributed by atoms with Crippen molar-refractivity contribution in [3.05, 3.63) is 30.3 Å². The zero-order valence-corrected chi connectivity index (χ0v) is 11.6. The number of methoxy groups -OCH3 is 1. The molecule has 0 saturated heterocycles. The Hall–Kier alpha value is -1.59. The molecule has 0 radical (unpaired) electrons. The standard InChI is InChI=1S/C14H22N2O3/c1-16(13-6-4-3-5-7-13)9-8-15-14(17)12-19-11-10-18-2/h3-7H,8-12H2,1-2H3,(H,15,17). The number of amides is 1. The molecule has 0 spiro atoms. The number of carbonyl (C=O) groups is 1. The van der Waals surface area contributed by atoms with Gasteiger partial charge in [0.25, 0.3) is 0 Å². The molecule has 0 aromatic heterocycles. The lowest BCUT2D eigenvalue weighted by Crippen LogP contribution is -2.35. The van der Waals surface area contributed by atoms with Gasteiger partial charge in [-0.15, -0.1) is 0 Å². The molecule has 0 aliphatic carbocycles. The Kier molecular flexibility index (Phi) is 7.62. The van der Waals surface area contributed by atoms with Crippen molar-refractivity contribution in [1.29, 1.82) is 0 Å². The van der Waals surface area contributed by atoms with Crippen molar-refractivity contribution < 1.29 is 14.3 Å². The van der Waals surface area contributed by atoms with Gasteiger partial charge in [0.2, 0.25) is 5.91 Å². The molecule has 19 heavy (non-hydrogen) atoms. The first-order valence-electron chi connectivity index (χ1n) is 6.33. The van der Waals surface area contributed by atoms with E-state index in [0.717, 1.165) is 12.2 Å². The number of carbonyl (C=O) groups excluding carboxylic acids is 1. The minimum Gasteiger partial charge on any atom is -0.382 e. The van der Waals surface area contributed by atoms with Crippen LogP contribution in [0, 0.1) is 0 Å². The van der Waals surface area contributed by atoms with Gasteiger partial charge in [-0.3, -0.25) is 4.79 Å². The fraction of sp³-hybridized carbons (Fsp3) is 0.500. The predicted octanol–water partition coefficient (Wildman–Crippen LogP) is 0.902. The minimum atomic E-state index is -0.0995. The molecule has 0 aliphatic heterocycles. The summed E-state index contributed by atoms with van der Waals surface area (Å²) in [4.78, 5) is 13.5. The zero-order chi connectivity index (χ0) is 13.9. The average molecular weight is 266 g/mol. The fourth-order valence-corrected chi connectivity index (χ4v) is 1.53. The van der Waals surface area contributed by atoms with E-state index < -0.39 is 0 Å². The van der Waals surface area contributed by atoms with Gasteiger partial charge in [0.1, 0.15) is 6.61 Å². The highest BCUT2D eigenvalue weighted by Gasteiger charge is 2.02. The molecule has 0 atom stereocenters. The average Bonchev–Trinajstić information content (AvgIpc) is 2.44. The minimum absolute atomic E-state index is 0.0818. The number of nitrogens with zero attached hydrogens (tertiary/aromatic N) is 1. The number of rotatable bonds is 9. The van der Waals surface area contributed by atoms with E-state index in [1.54, 1.807) is 7.11 Å². The summed E-state index contributed by atoms with van der Waals surface area (Å²) < 4.78 is 9.95. The first kappa shape index (κ1) is 15.5. The van der Waals surface area contributed by atoms with E-state index in [1.165, 1.54) is 0 Å². The molecule has 1 aromatic carbocycles. The number of nitrogens with one attached hydrogen (secondary N) is 1. The summed E-state index contributed by atoms with van der Waals surface area (Å²) in [5.41, 5.74) is 1.13. The topological polar surface area (TPSA) is 50.8 Å². The van der Waals surface area contributed by atoms with Crippen molar-refractivity contribution in [2.45, 2.75) is 0 Å². The monoisotopic (exact) mass is 266 g/mol. The van der Waals surface area contributed by atoms with E-state index in [4.69, 9.17) is 9.47 Å². The van der Waals surface area contributed by atoms with Crippen molar-refractivity contribution >= 4 is 11.6 Å². The summed E-state index contributed by atoms with van der Waals surface area (Å²) >= 11 is 0. The van der Waals surface area contributed by atoms with Crippen molar-refractivity contribution in [1.82, 2.24) is 5.32 Å². The first-order valence-corrected chi connectivity index (χ1v) is 6.33. The van der Waals surface area contributed by atoms with E-state index in [2.05, 4.69) is 10.2 Å². The van der Waals surface area contributed by atoms with Gasteiger partial charge in [0.15, 0.2) is 0 Å². The largest absolute Gasteiger partial charge is 0.382 e. The summed E-state index contributed by atoms with van der Waals surface area (Å²) in [5.74, 6) is -0.0995. The quantitative estimate of drug-likeness (QED) is 0.675. The Morgan fingerprint density at radius 1 is 1.26 bits per heavy atom. The van der Waals surface area contributed by atoms with Crippen LogP contribution < -0.4 is 10.2 Å². The first-order chi connectivity index (χ1) is 9.24. The number of likely N-dealkylation sites (N-methyl/N-ethyl adjacent to an activating group) is 1. The van der Waals surface area contributed by atoms with Crippen LogP contribution in [0.5, 0.6) is 0 Å². The Morgan fingerprint density at radius 3 is 2.68 bits per heavy atom. The highest BCUT2D eigenvalue weighted by atomic mass is 16.5. The molecule has 5 nitrogen and oxygen atoms in total. The Labute approximate surface area is 114 Å². The van der Waals surface area contributed by atoms with Crippen molar-refractivity contribution in [3.8, 4) is 0 Å². The van der Waals surface area contributed by atoms with Crippen LogP contribution in [0.1, 0.15) is 0 Å². The highest BCUT2D eigenvalue weighted by Crippen LogP contribution is 2.09. The van der Waals surface area contributed by atoms with Crippen molar-refractivity contribution in [2.24, 2.45) is 0 Å². The summed E-state index contributed by atoms with van der Waals surface area (Å²) in [6.45, 7) is 2.38. The van der Waals surface area contributed by atoms with Gasteiger partial charge in [0.05, 0.1) is 13.2 Å². The molecule has 1 N–H and O–H groups in total. The molecule has 0 saturated carbocycles. The third-order valence-corrected chi connectivity index (χ3v) is 2.63. The molecule has 5 heteroatoms. The summed E-state index contributed by atoms with van der Waals surface area (Å²) in [6, 6.07) is 10.0. The zero-order valence-electron chi connectivity index (χ0n) is 11.6. The number of hydrogen-bond acceptors (Lipinski definition) is 4. The maximum atomic E-state index is 11.4. The van der Waals surface area contributed by atoms with E-state index >= 15 is 0 Å². The third kappa shape index (κ3) is 6.79. The number of hydrogen-bond donors (Lipinski definition) is 1. The molecule has 0 unspecified atom stereocenters. The molecular formula is C14H22N2O3. The number of anilines is 1. The maximum Gasteiger partial charge on any atom is 0.246 e. The molecule has 106 valence electrons. The van der Waals surface area contributed by atoms with E-state index in [9.17, 15) is 4.79 Å². The smallest absolute Gasteiger partial charge is 0.246 e. The van der Waals surface area contributed by atoms with Gasteiger partial charge in [-0.1, -0.05) is 18.2 Å². The van der Waals surface area contributed by atoms with Crippen LogP contribution in [0.2, 0.25) is 0 Å².